The molecule has 1 amide bonds. The molecular formula is C25H22N2O7. The number of hydrazone groups is 1. The first-order valence-corrected chi connectivity index (χ1v) is 10.3. The molecule has 0 spiro atoms. The molecule has 34 heavy (non-hydrogen) atoms. The van der Waals surface area contributed by atoms with Gasteiger partial charge >= 0.3 is 5.97 Å². The summed E-state index contributed by atoms with van der Waals surface area (Å²) in [4.78, 5) is 24.9. The van der Waals surface area contributed by atoms with E-state index in [9.17, 15) is 9.59 Å². The molecule has 3 aromatic carbocycles. The summed E-state index contributed by atoms with van der Waals surface area (Å²) in [6.45, 7) is 0.911. The predicted molar refractivity (Wildman–Crippen MR) is 123 cm³/mol. The van der Waals surface area contributed by atoms with Gasteiger partial charge < -0.3 is 23.7 Å². The highest BCUT2D eigenvalue weighted by Gasteiger charge is 2.15. The van der Waals surface area contributed by atoms with E-state index < -0.39 is 11.9 Å². The second kappa shape index (κ2) is 10.4. The van der Waals surface area contributed by atoms with Crippen molar-refractivity contribution in [2.75, 3.05) is 27.4 Å². The highest BCUT2D eigenvalue weighted by atomic mass is 16.6. The summed E-state index contributed by atoms with van der Waals surface area (Å²) in [6, 6.07) is 16.5. The van der Waals surface area contributed by atoms with Gasteiger partial charge in [0.05, 0.1) is 26.0 Å². The van der Waals surface area contributed by atoms with Crippen LogP contribution in [0.25, 0.3) is 0 Å². The van der Waals surface area contributed by atoms with Gasteiger partial charge in [-0.1, -0.05) is 6.07 Å². The molecule has 0 unspecified atom stereocenters. The summed E-state index contributed by atoms with van der Waals surface area (Å²) >= 11 is 0. The number of carbonyl (C=O) groups excluding carboxylic acids is 2. The van der Waals surface area contributed by atoms with E-state index in [1.165, 1.54) is 20.4 Å². The van der Waals surface area contributed by atoms with E-state index in [0.717, 1.165) is 0 Å². The Hall–Kier alpha value is -4.53. The van der Waals surface area contributed by atoms with E-state index in [-0.39, 0.29) is 5.75 Å². The minimum atomic E-state index is -0.551. The van der Waals surface area contributed by atoms with Crippen LogP contribution in [0.15, 0.2) is 65.8 Å². The van der Waals surface area contributed by atoms with Crippen molar-refractivity contribution in [2.24, 2.45) is 5.10 Å². The Kier molecular flexibility index (Phi) is 6.92. The molecule has 0 radical (unpaired) electrons. The van der Waals surface area contributed by atoms with Gasteiger partial charge in [0.2, 0.25) is 0 Å². The number of hydrogen-bond donors (Lipinski definition) is 1. The van der Waals surface area contributed by atoms with E-state index in [0.29, 0.717) is 52.9 Å². The van der Waals surface area contributed by atoms with Gasteiger partial charge in [-0.15, -0.1) is 0 Å². The number of ether oxygens (including phenoxy) is 5. The summed E-state index contributed by atoms with van der Waals surface area (Å²) in [5, 5.41) is 3.99. The number of nitrogens with zero attached hydrogens (tertiary/aromatic N) is 1. The summed E-state index contributed by atoms with van der Waals surface area (Å²) in [5.41, 5.74) is 3.82. The zero-order valence-electron chi connectivity index (χ0n) is 18.6. The van der Waals surface area contributed by atoms with Crippen LogP contribution < -0.4 is 29.1 Å². The molecule has 4 rings (SSSR count). The lowest BCUT2D eigenvalue weighted by Crippen LogP contribution is -2.19. The molecule has 3 aromatic rings. The molecule has 1 aliphatic rings. The highest BCUT2D eigenvalue weighted by molar-refractivity contribution is 5.95. The van der Waals surface area contributed by atoms with Gasteiger partial charge in [0.1, 0.15) is 19.0 Å². The van der Waals surface area contributed by atoms with Crippen LogP contribution in [0.4, 0.5) is 0 Å². The van der Waals surface area contributed by atoms with Crippen LogP contribution >= 0.6 is 0 Å². The van der Waals surface area contributed by atoms with E-state index in [1.807, 2.05) is 0 Å². The van der Waals surface area contributed by atoms with Gasteiger partial charge in [-0.25, -0.2) is 10.2 Å². The zero-order valence-corrected chi connectivity index (χ0v) is 18.6. The third-order valence-corrected chi connectivity index (χ3v) is 4.88. The maximum atomic E-state index is 12.5. The maximum absolute atomic E-state index is 12.5. The Balaban J connectivity index is 1.41. The van der Waals surface area contributed by atoms with Gasteiger partial charge in [-0.2, -0.15) is 5.10 Å². The summed E-state index contributed by atoms with van der Waals surface area (Å²) in [7, 11) is 2.98. The molecule has 0 fully saturated rings. The van der Waals surface area contributed by atoms with Crippen LogP contribution in [-0.4, -0.2) is 45.5 Å². The maximum Gasteiger partial charge on any atom is 0.343 e. The number of fused-ring (bicyclic) bond motifs is 1. The number of methoxy groups -OCH3 is 2. The van der Waals surface area contributed by atoms with Crippen molar-refractivity contribution < 1.29 is 33.3 Å². The second-order valence-corrected chi connectivity index (χ2v) is 7.09. The molecule has 9 nitrogen and oxygen atoms in total. The van der Waals surface area contributed by atoms with Crippen LogP contribution in [0, 0.1) is 0 Å². The summed E-state index contributed by atoms with van der Waals surface area (Å²) in [5.74, 6) is 1.30. The Morgan fingerprint density at radius 3 is 2.50 bits per heavy atom. The number of nitrogens with one attached hydrogen (secondary N) is 1. The zero-order chi connectivity index (χ0) is 23.9. The van der Waals surface area contributed by atoms with Crippen molar-refractivity contribution in [3.63, 3.8) is 0 Å². The van der Waals surface area contributed by atoms with Crippen LogP contribution in [0.2, 0.25) is 0 Å². The first-order chi connectivity index (χ1) is 16.6. The number of esters is 1. The van der Waals surface area contributed by atoms with E-state index in [1.54, 1.807) is 60.7 Å². The van der Waals surface area contributed by atoms with E-state index in [2.05, 4.69) is 10.5 Å². The molecule has 1 aliphatic heterocycles. The van der Waals surface area contributed by atoms with Crippen molar-refractivity contribution in [1.29, 1.82) is 0 Å². The quantitative estimate of drug-likeness (QED) is 0.248. The number of rotatable bonds is 7. The fraction of sp³-hybridized carbons (Fsp3) is 0.160. The van der Waals surface area contributed by atoms with Crippen LogP contribution in [0.5, 0.6) is 28.7 Å². The minimum absolute atomic E-state index is 0.243. The number of amides is 1. The third kappa shape index (κ3) is 5.26. The standard InChI is InChI=1S/C25H22N2O7/c1-30-19-5-3-4-18(13-19)25(29)34-21-8-6-16(12-22(21)31-2)15-26-27-24(28)17-7-9-20-23(14-17)33-11-10-32-20/h3-9,12-15H,10-11H2,1-2H3,(H,27,28). The molecule has 0 bridgehead atoms. The molecule has 0 atom stereocenters. The molecule has 1 N–H and O–H groups in total. The molecule has 1 heterocycles. The van der Waals surface area contributed by atoms with Gasteiger partial charge in [-0.3, -0.25) is 4.79 Å². The van der Waals surface area contributed by atoms with Crippen LogP contribution in [0.3, 0.4) is 0 Å². The molecule has 0 aliphatic carbocycles. The molecule has 174 valence electrons. The first kappa shape index (κ1) is 22.7. The molecule has 0 saturated carbocycles. The average Bonchev–Trinajstić information content (AvgIpc) is 2.89. The lowest BCUT2D eigenvalue weighted by Gasteiger charge is -2.18. The van der Waals surface area contributed by atoms with Crippen molar-refractivity contribution >= 4 is 18.1 Å². The number of carbonyl (C=O) groups is 2. The van der Waals surface area contributed by atoms with Crippen molar-refractivity contribution in [2.45, 2.75) is 0 Å². The van der Waals surface area contributed by atoms with Crippen molar-refractivity contribution in [3.05, 3.63) is 77.4 Å². The normalized spacial score (nSPS) is 12.2. The lowest BCUT2D eigenvalue weighted by molar-refractivity contribution is 0.0729. The Bertz CT molecular complexity index is 1240. The third-order valence-electron chi connectivity index (χ3n) is 4.88. The largest absolute Gasteiger partial charge is 0.497 e. The van der Waals surface area contributed by atoms with Crippen molar-refractivity contribution in [3.8, 4) is 28.7 Å². The lowest BCUT2D eigenvalue weighted by atomic mass is 10.2. The average molecular weight is 462 g/mol. The Morgan fingerprint density at radius 2 is 1.71 bits per heavy atom. The fourth-order valence-electron chi connectivity index (χ4n) is 3.17. The first-order valence-electron chi connectivity index (χ1n) is 10.3. The van der Waals surface area contributed by atoms with Gasteiger partial charge in [0.15, 0.2) is 23.0 Å². The fourth-order valence-corrected chi connectivity index (χ4v) is 3.17. The SMILES string of the molecule is COc1cccc(C(=O)Oc2ccc(C=NNC(=O)c3ccc4c(c3)OCCO4)cc2OC)c1. The summed E-state index contributed by atoms with van der Waals surface area (Å²) in [6.07, 6.45) is 1.45. The van der Waals surface area contributed by atoms with Gasteiger partial charge in [-0.05, 0) is 60.2 Å². The van der Waals surface area contributed by atoms with Crippen LogP contribution in [-0.2, 0) is 0 Å². The van der Waals surface area contributed by atoms with E-state index >= 15 is 0 Å². The molecule has 0 aromatic heterocycles. The summed E-state index contributed by atoms with van der Waals surface area (Å²) < 4.78 is 26.9. The molecule has 9 heteroatoms. The minimum Gasteiger partial charge on any atom is -0.497 e. The van der Waals surface area contributed by atoms with Gasteiger partial charge in [0.25, 0.3) is 5.91 Å². The molecule has 0 saturated heterocycles. The Labute approximate surface area is 195 Å². The Morgan fingerprint density at radius 1 is 0.882 bits per heavy atom. The smallest absolute Gasteiger partial charge is 0.343 e. The monoisotopic (exact) mass is 462 g/mol. The number of benzene rings is 3. The van der Waals surface area contributed by atoms with E-state index in [4.69, 9.17) is 23.7 Å². The molecular weight excluding hydrogens is 440 g/mol. The second-order valence-electron chi connectivity index (χ2n) is 7.09. The number of hydrogen-bond acceptors (Lipinski definition) is 8. The highest BCUT2D eigenvalue weighted by Crippen LogP contribution is 2.31. The topological polar surface area (TPSA) is 105 Å². The van der Waals surface area contributed by atoms with Crippen molar-refractivity contribution in [1.82, 2.24) is 5.43 Å². The van der Waals surface area contributed by atoms with Crippen LogP contribution in [0.1, 0.15) is 26.3 Å². The predicted octanol–water partition coefficient (Wildman–Crippen LogP) is 3.46. The van der Waals surface area contributed by atoms with Gasteiger partial charge in [0, 0.05) is 5.56 Å².